The number of thiophene rings is 1. The molecule has 176 valence electrons. The Morgan fingerprint density at radius 2 is 1.78 bits per heavy atom. The monoisotopic (exact) mass is 467 g/mol. The van der Waals surface area contributed by atoms with Gasteiger partial charge in [0.1, 0.15) is 17.7 Å². The number of rotatable bonds is 2. The maximum atomic E-state index is 13.6. The summed E-state index contributed by atoms with van der Waals surface area (Å²) in [4.78, 5) is 27.7. The first kappa shape index (κ1) is 22.9. The number of hydrogen-bond acceptors (Lipinski definition) is 7. The van der Waals surface area contributed by atoms with Crippen LogP contribution < -0.4 is 9.80 Å². The van der Waals surface area contributed by atoms with Crippen LogP contribution in [0.15, 0.2) is 12.4 Å². The second-order valence-electron chi connectivity index (χ2n) is 10.2. The van der Waals surface area contributed by atoms with Crippen molar-refractivity contribution in [3.63, 3.8) is 0 Å². The fourth-order valence-corrected chi connectivity index (χ4v) is 5.44. The third-order valence-electron chi connectivity index (χ3n) is 5.90. The van der Waals surface area contributed by atoms with Gasteiger partial charge in [-0.2, -0.15) is 0 Å². The molecule has 0 atom stereocenters. The molecule has 2 aromatic rings. The number of piperidine rings is 1. The highest BCUT2D eigenvalue weighted by Crippen LogP contribution is 2.40. The van der Waals surface area contributed by atoms with E-state index >= 15 is 0 Å². The number of carbonyl (C=O) groups excluding carboxylic acids is 1. The predicted molar refractivity (Wildman–Crippen MR) is 123 cm³/mol. The zero-order chi connectivity index (χ0) is 23.3. The largest absolute Gasteiger partial charge is 0.444 e. The molecule has 0 spiro atoms. The standard InChI is InChI=1S/C22H31F2N5O2S/c1-20(2,3)31-19(30)29-11-10-28(13-21(29,4)5)18-17-15(25-14-26-18)12-16(32-17)27-8-6-22(23,24)7-9-27/h12,14H,6-11,13H2,1-5H3. The van der Waals surface area contributed by atoms with Gasteiger partial charge >= 0.3 is 6.09 Å². The molecule has 1 amide bonds. The summed E-state index contributed by atoms with van der Waals surface area (Å²) in [5, 5.41) is 0.948. The van der Waals surface area contributed by atoms with Gasteiger partial charge < -0.3 is 14.5 Å². The molecule has 32 heavy (non-hydrogen) atoms. The van der Waals surface area contributed by atoms with Crippen LogP contribution in [-0.4, -0.2) is 70.7 Å². The van der Waals surface area contributed by atoms with Crippen LogP contribution in [-0.2, 0) is 4.74 Å². The van der Waals surface area contributed by atoms with E-state index in [9.17, 15) is 13.6 Å². The molecular weight excluding hydrogens is 436 g/mol. The number of halogens is 2. The van der Waals surface area contributed by atoms with Crippen LogP contribution in [0.25, 0.3) is 10.2 Å². The van der Waals surface area contributed by atoms with E-state index in [-0.39, 0.29) is 18.9 Å². The lowest BCUT2D eigenvalue weighted by Gasteiger charge is -2.47. The van der Waals surface area contributed by atoms with Gasteiger partial charge in [-0.25, -0.2) is 23.5 Å². The summed E-state index contributed by atoms with van der Waals surface area (Å²) in [5.74, 6) is -1.75. The highest BCUT2D eigenvalue weighted by molar-refractivity contribution is 7.23. The summed E-state index contributed by atoms with van der Waals surface area (Å²) in [7, 11) is 0. The fourth-order valence-electron chi connectivity index (χ4n) is 4.26. The third kappa shape index (κ3) is 4.74. The lowest BCUT2D eigenvalue weighted by atomic mass is 9.99. The smallest absolute Gasteiger partial charge is 0.410 e. The summed E-state index contributed by atoms with van der Waals surface area (Å²) in [5.41, 5.74) is -0.176. The molecule has 2 saturated heterocycles. The average Bonchev–Trinajstić information content (AvgIpc) is 3.09. The number of fused-ring (bicyclic) bond motifs is 1. The van der Waals surface area contributed by atoms with E-state index in [4.69, 9.17) is 4.74 Å². The first-order chi connectivity index (χ1) is 14.8. The van der Waals surface area contributed by atoms with E-state index in [1.54, 1.807) is 22.6 Å². The summed E-state index contributed by atoms with van der Waals surface area (Å²) in [6.45, 7) is 12.1. The van der Waals surface area contributed by atoms with E-state index in [1.807, 2.05) is 45.6 Å². The SMILES string of the molecule is CC(C)(C)OC(=O)N1CCN(c2ncnc3cc(N4CCC(F)(F)CC4)sc23)CC1(C)C. The van der Waals surface area contributed by atoms with Gasteiger partial charge in [0.15, 0.2) is 0 Å². The Morgan fingerprint density at radius 3 is 2.41 bits per heavy atom. The van der Waals surface area contributed by atoms with Crippen molar-refractivity contribution in [2.75, 3.05) is 42.5 Å². The number of aromatic nitrogens is 2. The van der Waals surface area contributed by atoms with Crippen LogP contribution in [0.4, 0.5) is 24.4 Å². The highest BCUT2D eigenvalue weighted by atomic mass is 32.1. The molecule has 2 aliphatic heterocycles. The minimum absolute atomic E-state index is 0.124. The van der Waals surface area contributed by atoms with Gasteiger partial charge in [0, 0.05) is 45.6 Å². The van der Waals surface area contributed by atoms with E-state index in [0.29, 0.717) is 32.7 Å². The van der Waals surface area contributed by atoms with Gasteiger partial charge in [-0.1, -0.05) is 0 Å². The number of nitrogens with zero attached hydrogens (tertiary/aromatic N) is 5. The molecule has 0 bridgehead atoms. The third-order valence-corrected chi connectivity index (χ3v) is 7.08. The molecule has 0 radical (unpaired) electrons. The fraction of sp³-hybridized carbons (Fsp3) is 0.682. The van der Waals surface area contributed by atoms with E-state index in [0.717, 1.165) is 21.0 Å². The number of piperazine rings is 1. The second-order valence-corrected chi connectivity index (χ2v) is 11.2. The van der Waals surface area contributed by atoms with Crippen LogP contribution >= 0.6 is 11.3 Å². The Bertz CT molecular complexity index is 994. The van der Waals surface area contributed by atoms with Gasteiger partial charge in [-0.05, 0) is 40.7 Å². The summed E-state index contributed by atoms with van der Waals surface area (Å²) >= 11 is 1.55. The van der Waals surface area contributed by atoms with Crippen molar-refractivity contribution in [3.05, 3.63) is 12.4 Å². The maximum Gasteiger partial charge on any atom is 0.410 e. The zero-order valence-electron chi connectivity index (χ0n) is 19.3. The van der Waals surface area contributed by atoms with Gasteiger partial charge in [0.25, 0.3) is 5.92 Å². The molecule has 4 rings (SSSR count). The number of carbonyl (C=O) groups is 1. The summed E-state index contributed by atoms with van der Waals surface area (Å²) in [6.07, 6.45) is 0.989. The number of anilines is 2. The van der Waals surface area contributed by atoms with Crippen LogP contribution in [0.5, 0.6) is 0 Å². The molecule has 0 aromatic carbocycles. The molecule has 2 aliphatic rings. The average molecular weight is 468 g/mol. The Kier molecular flexibility index (Phi) is 5.71. The lowest BCUT2D eigenvalue weighted by molar-refractivity contribution is -0.0219. The molecule has 0 saturated carbocycles. The summed E-state index contributed by atoms with van der Waals surface area (Å²) < 4.78 is 33.7. The van der Waals surface area contributed by atoms with E-state index in [2.05, 4.69) is 14.9 Å². The minimum Gasteiger partial charge on any atom is -0.444 e. The second kappa shape index (κ2) is 7.97. The first-order valence-electron chi connectivity index (χ1n) is 11.0. The van der Waals surface area contributed by atoms with Crippen LogP contribution in [0, 0.1) is 0 Å². The van der Waals surface area contributed by atoms with Crippen molar-refractivity contribution in [2.45, 2.75) is 64.5 Å². The van der Waals surface area contributed by atoms with Crippen molar-refractivity contribution < 1.29 is 18.3 Å². The summed E-state index contributed by atoms with van der Waals surface area (Å²) in [6, 6.07) is 1.97. The van der Waals surface area contributed by atoms with Gasteiger partial charge in [0.05, 0.1) is 20.8 Å². The Morgan fingerprint density at radius 1 is 1.09 bits per heavy atom. The Labute approximate surface area is 191 Å². The zero-order valence-corrected chi connectivity index (χ0v) is 20.1. The number of ether oxygens (including phenoxy) is 1. The number of amides is 1. The van der Waals surface area contributed by atoms with Crippen molar-refractivity contribution in [1.82, 2.24) is 14.9 Å². The maximum absolute atomic E-state index is 13.6. The van der Waals surface area contributed by atoms with E-state index in [1.165, 1.54) is 0 Å². The molecule has 0 aliphatic carbocycles. The Hall–Kier alpha value is -2.23. The highest BCUT2D eigenvalue weighted by Gasteiger charge is 2.40. The Balaban J connectivity index is 1.54. The van der Waals surface area contributed by atoms with Crippen LogP contribution in [0.3, 0.4) is 0 Å². The van der Waals surface area contributed by atoms with Crippen molar-refractivity contribution in [2.24, 2.45) is 0 Å². The first-order valence-corrected chi connectivity index (χ1v) is 11.8. The molecule has 2 fully saturated rings. The van der Waals surface area contributed by atoms with E-state index < -0.39 is 17.1 Å². The van der Waals surface area contributed by atoms with Crippen LogP contribution in [0.2, 0.25) is 0 Å². The van der Waals surface area contributed by atoms with Crippen molar-refractivity contribution >= 4 is 38.5 Å². The quantitative estimate of drug-likeness (QED) is 0.635. The van der Waals surface area contributed by atoms with Gasteiger partial charge in [-0.15, -0.1) is 11.3 Å². The normalized spacial score (nSPS) is 21.2. The molecule has 7 nitrogen and oxygen atoms in total. The molecule has 10 heteroatoms. The molecule has 2 aromatic heterocycles. The number of alkyl halides is 2. The molecular formula is C22H31F2N5O2S. The van der Waals surface area contributed by atoms with Crippen molar-refractivity contribution in [3.8, 4) is 0 Å². The topological polar surface area (TPSA) is 61.8 Å². The molecule has 0 N–H and O–H groups in total. The molecule has 4 heterocycles. The minimum atomic E-state index is -2.57. The van der Waals surface area contributed by atoms with Crippen LogP contribution in [0.1, 0.15) is 47.5 Å². The van der Waals surface area contributed by atoms with Gasteiger partial charge in [-0.3, -0.25) is 4.90 Å². The van der Waals surface area contributed by atoms with Crippen molar-refractivity contribution in [1.29, 1.82) is 0 Å². The lowest BCUT2D eigenvalue weighted by Crippen LogP contribution is -2.62. The number of hydrogen-bond donors (Lipinski definition) is 0. The van der Waals surface area contributed by atoms with Gasteiger partial charge in [0.2, 0.25) is 0 Å². The predicted octanol–water partition coefficient (Wildman–Crippen LogP) is 4.76. The molecule has 0 unspecified atom stereocenters.